The van der Waals surface area contributed by atoms with Crippen LogP contribution in [0.25, 0.3) is 0 Å². The summed E-state index contributed by atoms with van der Waals surface area (Å²) in [5.41, 5.74) is 2.60. The first-order valence-corrected chi connectivity index (χ1v) is 8.23. The molecule has 0 aromatic heterocycles. The Balaban J connectivity index is 2.26. The Labute approximate surface area is 142 Å². The molecule has 0 unspecified atom stereocenters. The first-order valence-electron chi connectivity index (χ1n) is 8.23. The summed E-state index contributed by atoms with van der Waals surface area (Å²) in [6, 6.07) is 10.6. The predicted molar refractivity (Wildman–Crippen MR) is 94.2 cm³/mol. The van der Waals surface area contributed by atoms with E-state index in [0.717, 1.165) is 5.56 Å². The van der Waals surface area contributed by atoms with Crippen LogP contribution >= 0.6 is 0 Å². The van der Waals surface area contributed by atoms with Crippen molar-refractivity contribution in [2.24, 2.45) is 0 Å². The van der Waals surface area contributed by atoms with Gasteiger partial charge in [-0.05, 0) is 31.4 Å². The zero-order valence-corrected chi connectivity index (χ0v) is 14.8. The third kappa shape index (κ3) is 2.64. The molecule has 1 aliphatic rings. The number of hydrogen-bond acceptors (Lipinski definition) is 3. The van der Waals surface area contributed by atoms with E-state index in [-0.39, 0.29) is 23.1 Å². The van der Waals surface area contributed by atoms with Crippen LogP contribution in [0, 0.1) is 0 Å². The monoisotopic (exact) mass is 322 g/mol. The van der Waals surface area contributed by atoms with E-state index in [1.807, 2.05) is 19.9 Å². The first-order chi connectivity index (χ1) is 11.2. The SMILES string of the molecule is CC(C)Oc1cc2c(cc1C(C)(C)C)C(=O)c1ccccc1C2=O. The third-order valence-corrected chi connectivity index (χ3v) is 4.20. The zero-order valence-electron chi connectivity index (χ0n) is 14.8. The van der Waals surface area contributed by atoms with Crippen LogP contribution in [0.3, 0.4) is 0 Å². The van der Waals surface area contributed by atoms with Crippen molar-refractivity contribution < 1.29 is 14.3 Å². The van der Waals surface area contributed by atoms with Gasteiger partial charge in [0.15, 0.2) is 11.6 Å². The van der Waals surface area contributed by atoms with E-state index in [1.165, 1.54) is 0 Å². The molecule has 0 spiro atoms. The van der Waals surface area contributed by atoms with Crippen LogP contribution in [0.15, 0.2) is 36.4 Å². The summed E-state index contributed by atoms with van der Waals surface area (Å²) in [7, 11) is 0. The minimum absolute atomic E-state index is 0.00849. The lowest BCUT2D eigenvalue weighted by molar-refractivity contribution is 0.0978. The molecule has 0 amide bonds. The Kier molecular flexibility index (Phi) is 3.83. The molecular formula is C21H22O3. The van der Waals surface area contributed by atoms with Crippen molar-refractivity contribution in [3.8, 4) is 5.75 Å². The van der Waals surface area contributed by atoms with E-state index >= 15 is 0 Å². The normalized spacial score (nSPS) is 13.8. The maximum Gasteiger partial charge on any atom is 0.194 e. The van der Waals surface area contributed by atoms with Crippen LogP contribution in [-0.2, 0) is 5.41 Å². The lowest BCUT2D eigenvalue weighted by Gasteiger charge is -2.27. The van der Waals surface area contributed by atoms with Crippen molar-refractivity contribution in [1.29, 1.82) is 0 Å². The number of hydrogen-bond donors (Lipinski definition) is 0. The molecule has 2 aromatic carbocycles. The molecule has 0 N–H and O–H groups in total. The molecule has 1 aliphatic carbocycles. The zero-order chi connectivity index (χ0) is 17.6. The van der Waals surface area contributed by atoms with Gasteiger partial charge in [0.2, 0.25) is 0 Å². The van der Waals surface area contributed by atoms with Gasteiger partial charge in [0.1, 0.15) is 5.75 Å². The second-order valence-corrected chi connectivity index (χ2v) is 7.51. The molecule has 0 radical (unpaired) electrons. The maximum absolute atomic E-state index is 12.9. The fraction of sp³-hybridized carbons (Fsp3) is 0.333. The number of ketones is 2. The van der Waals surface area contributed by atoms with Gasteiger partial charge in [-0.25, -0.2) is 0 Å². The van der Waals surface area contributed by atoms with E-state index in [4.69, 9.17) is 4.74 Å². The molecule has 0 atom stereocenters. The van der Waals surface area contributed by atoms with Crippen LogP contribution in [-0.4, -0.2) is 17.7 Å². The molecule has 124 valence electrons. The van der Waals surface area contributed by atoms with Gasteiger partial charge in [0, 0.05) is 27.8 Å². The summed E-state index contributed by atoms with van der Waals surface area (Å²) in [5.74, 6) is 0.466. The van der Waals surface area contributed by atoms with E-state index in [0.29, 0.717) is 28.0 Å². The Bertz CT molecular complexity index is 839. The topological polar surface area (TPSA) is 43.4 Å². The highest BCUT2D eigenvalue weighted by molar-refractivity contribution is 6.28. The molecule has 0 saturated carbocycles. The molecule has 0 fully saturated rings. The van der Waals surface area contributed by atoms with Gasteiger partial charge in [-0.2, -0.15) is 0 Å². The molecule has 3 rings (SSSR count). The standard InChI is InChI=1S/C21H22O3/c1-12(2)24-18-11-16-15(10-17(18)21(3,4)5)19(22)13-8-6-7-9-14(13)20(16)23/h6-12H,1-5H3. The Morgan fingerprint density at radius 2 is 1.33 bits per heavy atom. The minimum atomic E-state index is -0.195. The van der Waals surface area contributed by atoms with Crippen molar-refractivity contribution in [2.45, 2.75) is 46.1 Å². The van der Waals surface area contributed by atoms with Crippen LogP contribution in [0.5, 0.6) is 5.75 Å². The maximum atomic E-state index is 12.9. The van der Waals surface area contributed by atoms with Crippen molar-refractivity contribution in [1.82, 2.24) is 0 Å². The van der Waals surface area contributed by atoms with Gasteiger partial charge in [-0.15, -0.1) is 0 Å². The number of fused-ring (bicyclic) bond motifs is 2. The van der Waals surface area contributed by atoms with Gasteiger partial charge in [0.25, 0.3) is 0 Å². The summed E-state index contributed by atoms with van der Waals surface area (Å²) in [4.78, 5) is 25.7. The molecule has 0 heterocycles. The highest BCUT2D eigenvalue weighted by atomic mass is 16.5. The molecule has 0 aliphatic heterocycles. The number of ether oxygens (including phenoxy) is 1. The number of carbonyl (C=O) groups is 2. The second-order valence-electron chi connectivity index (χ2n) is 7.51. The summed E-state index contributed by atoms with van der Waals surface area (Å²) < 4.78 is 5.95. The molecule has 3 heteroatoms. The Morgan fingerprint density at radius 1 is 0.833 bits per heavy atom. The summed E-state index contributed by atoms with van der Waals surface area (Å²) in [5, 5.41) is 0. The summed E-state index contributed by atoms with van der Waals surface area (Å²) >= 11 is 0. The van der Waals surface area contributed by atoms with Crippen molar-refractivity contribution >= 4 is 11.6 Å². The van der Waals surface area contributed by atoms with Crippen LogP contribution in [0.2, 0.25) is 0 Å². The minimum Gasteiger partial charge on any atom is -0.491 e. The van der Waals surface area contributed by atoms with Gasteiger partial charge in [0.05, 0.1) is 6.10 Å². The molecule has 2 aromatic rings. The van der Waals surface area contributed by atoms with Gasteiger partial charge in [-0.1, -0.05) is 45.0 Å². The lowest BCUT2D eigenvalue weighted by atomic mass is 9.79. The number of benzene rings is 2. The van der Waals surface area contributed by atoms with E-state index < -0.39 is 0 Å². The number of rotatable bonds is 2. The fourth-order valence-corrected chi connectivity index (χ4v) is 3.06. The van der Waals surface area contributed by atoms with Crippen molar-refractivity contribution in [3.63, 3.8) is 0 Å². The number of carbonyl (C=O) groups excluding carboxylic acids is 2. The quantitative estimate of drug-likeness (QED) is 0.695. The Hall–Kier alpha value is -2.42. The average molecular weight is 322 g/mol. The summed E-state index contributed by atoms with van der Waals surface area (Å²) in [6.45, 7) is 10.1. The third-order valence-electron chi connectivity index (χ3n) is 4.20. The van der Waals surface area contributed by atoms with Crippen molar-refractivity contribution in [2.75, 3.05) is 0 Å². The molecule has 0 bridgehead atoms. The molecule has 24 heavy (non-hydrogen) atoms. The van der Waals surface area contributed by atoms with Crippen LogP contribution < -0.4 is 4.74 Å². The Morgan fingerprint density at radius 3 is 1.79 bits per heavy atom. The second kappa shape index (κ2) is 5.59. The van der Waals surface area contributed by atoms with Gasteiger partial charge >= 0.3 is 0 Å². The molecule has 3 nitrogen and oxygen atoms in total. The van der Waals surface area contributed by atoms with Crippen molar-refractivity contribution in [3.05, 3.63) is 64.2 Å². The smallest absolute Gasteiger partial charge is 0.194 e. The van der Waals surface area contributed by atoms with E-state index in [1.54, 1.807) is 30.3 Å². The summed E-state index contributed by atoms with van der Waals surface area (Å²) in [6.07, 6.45) is -0.00849. The predicted octanol–water partition coefficient (Wildman–Crippen LogP) is 4.55. The van der Waals surface area contributed by atoms with Crippen LogP contribution in [0.4, 0.5) is 0 Å². The van der Waals surface area contributed by atoms with E-state index in [9.17, 15) is 9.59 Å². The first kappa shape index (κ1) is 16.4. The lowest BCUT2D eigenvalue weighted by Crippen LogP contribution is -2.24. The van der Waals surface area contributed by atoms with Gasteiger partial charge < -0.3 is 4.74 Å². The molecular weight excluding hydrogens is 300 g/mol. The van der Waals surface area contributed by atoms with Crippen LogP contribution in [0.1, 0.15) is 72.0 Å². The average Bonchev–Trinajstić information content (AvgIpc) is 2.50. The highest BCUT2D eigenvalue weighted by Gasteiger charge is 2.32. The molecule has 0 saturated heterocycles. The highest BCUT2D eigenvalue weighted by Crippen LogP contribution is 2.38. The fourth-order valence-electron chi connectivity index (χ4n) is 3.06. The van der Waals surface area contributed by atoms with Gasteiger partial charge in [-0.3, -0.25) is 9.59 Å². The van der Waals surface area contributed by atoms with E-state index in [2.05, 4.69) is 20.8 Å². The largest absolute Gasteiger partial charge is 0.491 e.